The molecule has 0 radical (unpaired) electrons. The van der Waals surface area contributed by atoms with Gasteiger partial charge in [-0.2, -0.15) is 0 Å². The third-order valence-corrected chi connectivity index (χ3v) is 7.72. The Morgan fingerprint density at radius 2 is 1.92 bits per heavy atom. The van der Waals surface area contributed by atoms with Gasteiger partial charge in [0.1, 0.15) is 11.6 Å². The first kappa shape index (κ1) is 25.2. The summed E-state index contributed by atoms with van der Waals surface area (Å²) in [4.78, 5) is 39.8. The zero-order valence-corrected chi connectivity index (χ0v) is 21.9. The monoisotopic (exact) mass is 526 g/mol. The topological polar surface area (TPSA) is 103 Å². The molecule has 3 N–H and O–H groups in total. The van der Waals surface area contributed by atoms with E-state index in [1.165, 1.54) is 17.8 Å². The lowest BCUT2D eigenvalue weighted by Gasteiger charge is -2.24. The molecule has 1 aliphatic heterocycles. The van der Waals surface area contributed by atoms with Gasteiger partial charge in [0.25, 0.3) is 5.56 Å². The van der Waals surface area contributed by atoms with Crippen molar-refractivity contribution in [1.29, 1.82) is 0 Å². The van der Waals surface area contributed by atoms with Gasteiger partial charge < -0.3 is 20.5 Å². The molecule has 1 amide bonds. The van der Waals surface area contributed by atoms with Crippen LogP contribution in [-0.2, 0) is 17.8 Å². The molecule has 6 rings (SSSR count). The minimum atomic E-state index is -0.505. The molecule has 1 aliphatic carbocycles. The largest absolute Gasteiger partial charge is 0.339 e. The van der Waals surface area contributed by atoms with Crippen LogP contribution in [0.1, 0.15) is 43.4 Å². The molecule has 9 heteroatoms. The van der Waals surface area contributed by atoms with Crippen LogP contribution in [0.25, 0.3) is 22.2 Å². The fourth-order valence-corrected chi connectivity index (χ4v) is 5.60. The number of aromatic amines is 1. The Morgan fingerprint density at radius 3 is 2.74 bits per heavy atom. The third-order valence-electron chi connectivity index (χ3n) is 7.72. The second-order valence-corrected chi connectivity index (χ2v) is 10.6. The van der Waals surface area contributed by atoms with E-state index in [0.717, 1.165) is 57.3 Å². The SMILES string of the molecule is CN1CCc2nc(Nc3cc(-c4ccc(NC(=O)C5CCCCC5)cc4F)nc4cc[nH]c(=O)c34)ccc2C1. The molecule has 4 aromatic rings. The van der Waals surface area contributed by atoms with Crippen LogP contribution in [0.2, 0.25) is 0 Å². The number of carbonyl (C=O) groups excluding carboxylic acids is 1. The van der Waals surface area contributed by atoms with Gasteiger partial charge in [0.15, 0.2) is 0 Å². The van der Waals surface area contributed by atoms with E-state index in [9.17, 15) is 9.59 Å². The lowest BCUT2D eigenvalue weighted by Crippen LogP contribution is -2.27. The maximum absolute atomic E-state index is 15.4. The number of benzene rings is 1. The normalized spacial score (nSPS) is 16.2. The van der Waals surface area contributed by atoms with Gasteiger partial charge in [0, 0.05) is 48.6 Å². The lowest BCUT2D eigenvalue weighted by atomic mass is 9.88. The molecule has 200 valence electrons. The van der Waals surface area contributed by atoms with Crippen LogP contribution in [0.5, 0.6) is 0 Å². The summed E-state index contributed by atoms with van der Waals surface area (Å²) in [6, 6.07) is 11.9. The Bertz CT molecular complexity index is 1610. The van der Waals surface area contributed by atoms with Crippen LogP contribution in [0.4, 0.5) is 21.6 Å². The van der Waals surface area contributed by atoms with Crippen LogP contribution in [-0.4, -0.2) is 39.4 Å². The van der Waals surface area contributed by atoms with E-state index >= 15 is 4.39 Å². The molecule has 0 spiro atoms. The predicted octanol–water partition coefficient (Wildman–Crippen LogP) is 5.37. The number of likely N-dealkylation sites (N-methyl/N-ethyl adjacent to an activating group) is 1. The molecule has 0 atom stereocenters. The van der Waals surface area contributed by atoms with Crippen molar-refractivity contribution in [2.24, 2.45) is 5.92 Å². The molecule has 0 saturated heterocycles. The summed E-state index contributed by atoms with van der Waals surface area (Å²) in [5.41, 5.74) is 3.92. The Hall–Kier alpha value is -4.11. The molecule has 39 heavy (non-hydrogen) atoms. The van der Waals surface area contributed by atoms with E-state index in [2.05, 4.69) is 38.6 Å². The zero-order chi connectivity index (χ0) is 26.9. The molecular formula is C30H31FN6O2. The summed E-state index contributed by atoms with van der Waals surface area (Å²) >= 11 is 0. The summed E-state index contributed by atoms with van der Waals surface area (Å²) in [7, 11) is 2.09. The van der Waals surface area contributed by atoms with Crippen molar-refractivity contribution in [3.8, 4) is 11.3 Å². The second kappa shape index (κ2) is 10.6. The Morgan fingerprint density at radius 1 is 1.08 bits per heavy atom. The van der Waals surface area contributed by atoms with E-state index < -0.39 is 5.82 Å². The minimum Gasteiger partial charge on any atom is -0.339 e. The van der Waals surface area contributed by atoms with E-state index in [-0.39, 0.29) is 22.9 Å². The molecule has 1 fully saturated rings. The number of hydrogen-bond acceptors (Lipinski definition) is 6. The number of hydrogen-bond donors (Lipinski definition) is 3. The molecule has 2 aliphatic rings. The summed E-state index contributed by atoms with van der Waals surface area (Å²) in [6.07, 6.45) is 7.39. The van der Waals surface area contributed by atoms with Gasteiger partial charge in [-0.3, -0.25) is 9.59 Å². The van der Waals surface area contributed by atoms with Crippen molar-refractivity contribution in [3.05, 3.63) is 76.1 Å². The standard InChI is InChI=1S/C30H31FN6O2/c1-37-14-12-23-19(17-37)7-10-27(35-23)36-26-16-25(34-24-11-13-32-30(39)28(24)26)21-9-8-20(15-22(21)31)33-29(38)18-5-3-2-4-6-18/h7-11,13,15-16,18H,2-6,12,14,17H2,1H3,(H,32,39)(H,33,38)(H,34,35,36). The first-order chi connectivity index (χ1) is 18.9. The number of pyridine rings is 3. The summed E-state index contributed by atoms with van der Waals surface area (Å²) in [5, 5.41) is 6.53. The van der Waals surface area contributed by atoms with Crippen LogP contribution in [0.3, 0.4) is 0 Å². The van der Waals surface area contributed by atoms with Crippen LogP contribution >= 0.6 is 0 Å². The zero-order valence-electron chi connectivity index (χ0n) is 21.9. The molecular weight excluding hydrogens is 495 g/mol. The van der Waals surface area contributed by atoms with Crippen LogP contribution < -0.4 is 16.2 Å². The molecule has 0 bridgehead atoms. The van der Waals surface area contributed by atoms with Gasteiger partial charge in [-0.1, -0.05) is 25.3 Å². The van der Waals surface area contributed by atoms with Crippen LogP contribution in [0, 0.1) is 11.7 Å². The van der Waals surface area contributed by atoms with Crippen LogP contribution in [0.15, 0.2) is 53.5 Å². The fraction of sp³-hybridized carbons (Fsp3) is 0.333. The number of amides is 1. The highest BCUT2D eigenvalue weighted by Crippen LogP contribution is 2.32. The van der Waals surface area contributed by atoms with Crippen molar-refractivity contribution in [2.75, 3.05) is 24.2 Å². The van der Waals surface area contributed by atoms with E-state index in [1.807, 2.05) is 6.07 Å². The maximum atomic E-state index is 15.4. The number of H-pyrrole nitrogens is 1. The van der Waals surface area contributed by atoms with Gasteiger partial charge >= 0.3 is 0 Å². The lowest BCUT2D eigenvalue weighted by molar-refractivity contribution is -0.120. The average molecular weight is 527 g/mol. The number of halogens is 1. The van der Waals surface area contributed by atoms with Crippen molar-refractivity contribution in [2.45, 2.75) is 45.1 Å². The highest BCUT2D eigenvalue weighted by atomic mass is 19.1. The third kappa shape index (κ3) is 5.27. The highest BCUT2D eigenvalue weighted by molar-refractivity contribution is 5.95. The maximum Gasteiger partial charge on any atom is 0.259 e. The van der Waals surface area contributed by atoms with Gasteiger partial charge in [-0.25, -0.2) is 14.4 Å². The smallest absolute Gasteiger partial charge is 0.259 e. The van der Waals surface area contributed by atoms with Crippen molar-refractivity contribution in [1.82, 2.24) is 19.9 Å². The number of nitrogens with zero attached hydrogens (tertiary/aromatic N) is 3. The highest BCUT2D eigenvalue weighted by Gasteiger charge is 2.22. The van der Waals surface area contributed by atoms with E-state index in [0.29, 0.717) is 33.8 Å². The van der Waals surface area contributed by atoms with Gasteiger partial charge in [-0.15, -0.1) is 0 Å². The number of nitrogens with one attached hydrogen (secondary N) is 3. The van der Waals surface area contributed by atoms with Gasteiger partial charge in [0.2, 0.25) is 5.91 Å². The molecule has 3 aromatic heterocycles. The molecule has 0 unspecified atom stereocenters. The number of anilines is 3. The summed E-state index contributed by atoms with van der Waals surface area (Å²) in [5.74, 6) is 0.0328. The average Bonchev–Trinajstić information content (AvgIpc) is 2.93. The van der Waals surface area contributed by atoms with Crippen molar-refractivity contribution in [3.63, 3.8) is 0 Å². The van der Waals surface area contributed by atoms with Gasteiger partial charge in [0.05, 0.1) is 22.3 Å². The van der Waals surface area contributed by atoms with Crippen molar-refractivity contribution >= 4 is 34.0 Å². The number of aromatic nitrogens is 3. The number of fused-ring (bicyclic) bond motifs is 2. The predicted molar refractivity (Wildman–Crippen MR) is 151 cm³/mol. The fourth-order valence-electron chi connectivity index (χ4n) is 5.60. The number of rotatable bonds is 5. The van der Waals surface area contributed by atoms with Gasteiger partial charge in [-0.05, 0) is 61.9 Å². The molecule has 1 aromatic carbocycles. The molecule has 4 heterocycles. The summed E-state index contributed by atoms with van der Waals surface area (Å²) in [6.45, 7) is 1.78. The molecule has 8 nitrogen and oxygen atoms in total. The first-order valence-electron chi connectivity index (χ1n) is 13.5. The minimum absolute atomic E-state index is 0.0199. The quantitative estimate of drug-likeness (QED) is 0.323. The Kier molecular flexibility index (Phi) is 6.83. The Balaban J connectivity index is 1.32. The Labute approximate surface area is 225 Å². The van der Waals surface area contributed by atoms with E-state index in [1.54, 1.807) is 24.3 Å². The summed E-state index contributed by atoms with van der Waals surface area (Å²) < 4.78 is 15.4. The second-order valence-electron chi connectivity index (χ2n) is 10.6. The van der Waals surface area contributed by atoms with E-state index in [4.69, 9.17) is 4.98 Å². The van der Waals surface area contributed by atoms with Crippen molar-refractivity contribution < 1.29 is 9.18 Å². The first-order valence-corrected chi connectivity index (χ1v) is 13.5. The number of carbonyl (C=O) groups is 1. The molecule has 1 saturated carbocycles.